The van der Waals surface area contributed by atoms with Crippen LogP contribution in [0.25, 0.3) is 0 Å². The molecule has 2 aromatic rings. The summed E-state index contributed by atoms with van der Waals surface area (Å²) in [5, 5.41) is 58.3. The molecule has 5 rings (SSSR count). The van der Waals surface area contributed by atoms with Gasteiger partial charge in [0.15, 0.2) is 17.9 Å². The Bertz CT molecular complexity index is 1670. The molecule has 260 valence electrons. The number of aromatic hydroxyl groups is 2. The largest absolute Gasteiger partial charge is 0.507 e. The third-order valence-corrected chi connectivity index (χ3v) is 10.2. The van der Waals surface area contributed by atoms with Crippen LogP contribution >= 0.6 is 0 Å². The van der Waals surface area contributed by atoms with Gasteiger partial charge in [-0.3, -0.25) is 19.2 Å². The van der Waals surface area contributed by atoms with Crippen LogP contribution < -0.4 is 10.1 Å². The van der Waals surface area contributed by atoms with Crippen molar-refractivity contribution < 1.29 is 58.9 Å². The number of fused-ring (bicyclic) bond motifs is 3. The van der Waals surface area contributed by atoms with Gasteiger partial charge in [0.1, 0.15) is 29.0 Å². The molecule has 1 saturated heterocycles. The summed E-state index contributed by atoms with van der Waals surface area (Å²) in [5.41, 5.74) is -3.89. The summed E-state index contributed by atoms with van der Waals surface area (Å²) in [6.07, 6.45) is -5.55. The number of nitrogens with one attached hydrogen (secondary N) is 1. The number of aliphatic hydroxyl groups excluding tert-OH is 2. The van der Waals surface area contributed by atoms with Gasteiger partial charge in [0.05, 0.1) is 48.2 Å². The molecule has 3 aliphatic rings. The van der Waals surface area contributed by atoms with Gasteiger partial charge >= 0.3 is 0 Å². The van der Waals surface area contributed by atoms with Crippen molar-refractivity contribution in [3.8, 4) is 17.2 Å². The summed E-state index contributed by atoms with van der Waals surface area (Å²) in [6.45, 7) is 8.07. The Morgan fingerprint density at radius 3 is 2.42 bits per heavy atom. The van der Waals surface area contributed by atoms with E-state index >= 15 is 0 Å². The first-order valence-corrected chi connectivity index (χ1v) is 16.0. The van der Waals surface area contributed by atoms with Crippen LogP contribution in [-0.4, -0.2) is 92.1 Å². The lowest BCUT2D eigenvalue weighted by atomic mass is 9.72. The smallest absolute Gasteiger partial charge is 0.220 e. The molecule has 2 aromatic carbocycles. The minimum absolute atomic E-state index is 0.0439. The molecule has 48 heavy (non-hydrogen) atoms. The van der Waals surface area contributed by atoms with Gasteiger partial charge in [-0.2, -0.15) is 0 Å². The number of amides is 1. The predicted molar refractivity (Wildman–Crippen MR) is 169 cm³/mol. The topological polar surface area (TPSA) is 209 Å². The average Bonchev–Trinajstić information content (AvgIpc) is 3.02. The van der Waals surface area contributed by atoms with Gasteiger partial charge in [-0.05, 0) is 38.7 Å². The lowest BCUT2D eigenvalue weighted by Gasteiger charge is -2.42. The SMILES string of the molecule is COc1cccc2c1C(=O)c1c(O)c3c(c(O)c1C2=O)C[C@@](O)(C(C)=O)C[C@@H]3O[C@H]1C[C@H](NC(=O)CCC(C)(C)C(C)O)[C@H](O)[C@H](C)O1. The van der Waals surface area contributed by atoms with Gasteiger partial charge in [0.25, 0.3) is 0 Å². The van der Waals surface area contributed by atoms with Crippen LogP contribution in [0.3, 0.4) is 0 Å². The first-order valence-electron chi connectivity index (χ1n) is 16.0. The maximum absolute atomic E-state index is 13.8. The summed E-state index contributed by atoms with van der Waals surface area (Å²) < 4.78 is 17.5. The van der Waals surface area contributed by atoms with E-state index in [4.69, 9.17) is 14.2 Å². The summed E-state index contributed by atoms with van der Waals surface area (Å²) >= 11 is 0. The van der Waals surface area contributed by atoms with Crippen LogP contribution in [0, 0.1) is 5.41 Å². The molecule has 1 unspecified atom stereocenters. The zero-order valence-electron chi connectivity index (χ0n) is 27.8. The number of ether oxygens (including phenoxy) is 3. The number of methoxy groups -OCH3 is 1. The molecular formula is C35H43NO12. The lowest BCUT2D eigenvalue weighted by molar-refractivity contribution is -0.249. The standard InChI is InChI=1S/C35H43NO12/c1-15-29(40)20(36-23(39)10-11-34(4,5)16(2)37)12-24(47-15)48-22-14-35(45,17(3)38)13-19-26(22)33(44)28-27(31(19)42)30(41)18-8-7-9-21(46-6)25(18)32(28)43/h7-9,15-16,20,22,24,29,37,40,42,44-45H,10-14H2,1-6H3,(H,36,39)/t15-,16?,20-,22-,24-,29+,35-/m0/s1. The van der Waals surface area contributed by atoms with Gasteiger partial charge < -0.3 is 45.1 Å². The van der Waals surface area contributed by atoms with E-state index in [1.54, 1.807) is 13.8 Å². The van der Waals surface area contributed by atoms with Crippen molar-refractivity contribution in [2.24, 2.45) is 5.41 Å². The van der Waals surface area contributed by atoms with Crippen LogP contribution in [0.1, 0.15) is 109 Å². The number of phenols is 2. The number of hydrogen-bond acceptors (Lipinski definition) is 12. The van der Waals surface area contributed by atoms with E-state index in [1.165, 1.54) is 25.3 Å². The second kappa shape index (κ2) is 12.9. The fourth-order valence-corrected chi connectivity index (χ4v) is 6.69. The minimum atomic E-state index is -2.08. The molecule has 1 heterocycles. The quantitative estimate of drug-likeness (QED) is 0.182. The molecule has 1 aliphatic heterocycles. The van der Waals surface area contributed by atoms with E-state index in [9.17, 15) is 44.7 Å². The van der Waals surface area contributed by atoms with Crippen LogP contribution in [0.4, 0.5) is 0 Å². The number of ketones is 3. The molecule has 0 radical (unpaired) electrons. The van der Waals surface area contributed by atoms with E-state index in [-0.39, 0.29) is 46.8 Å². The Balaban J connectivity index is 1.50. The molecule has 2 aliphatic carbocycles. The Hall–Kier alpha value is -3.88. The van der Waals surface area contributed by atoms with Crippen molar-refractivity contribution in [1.29, 1.82) is 0 Å². The molecular weight excluding hydrogens is 626 g/mol. The summed E-state index contributed by atoms with van der Waals surface area (Å²) in [7, 11) is 1.33. The van der Waals surface area contributed by atoms with Crippen LogP contribution in [0.5, 0.6) is 17.2 Å². The zero-order valence-corrected chi connectivity index (χ0v) is 27.8. The Morgan fingerprint density at radius 1 is 1.12 bits per heavy atom. The number of benzene rings is 2. The van der Waals surface area contributed by atoms with Crippen molar-refractivity contribution in [1.82, 2.24) is 5.32 Å². The van der Waals surface area contributed by atoms with Gasteiger partial charge in [-0.1, -0.05) is 26.0 Å². The fraction of sp³-hybridized carbons (Fsp3) is 0.543. The minimum Gasteiger partial charge on any atom is -0.507 e. The third-order valence-electron chi connectivity index (χ3n) is 10.2. The molecule has 13 nitrogen and oxygen atoms in total. The molecule has 0 aromatic heterocycles. The number of carbonyl (C=O) groups is 4. The summed E-state index contributed by atoms with van der Waals surface area (Å²) in [5.74, 6) is -3.77. The highest BCUT2D eigenvalue weighted by atomic mass is 16.7. The molecule has 7 atom stereocenters. The summed E-state index contributed by atoms with van der Waals surface area (Å²) in [4.78, 5) is 53.1. The van der Waals surface area contributed by atoms with E-state index < -0.39 is 101 Å². The zero-order chi connectivity index (χ0) is 35.5. The molecule has 1 fully saturated rings. The van der Waals surface area contributed by atoms with E-state index in [2.05, 4.69) is 5.32 Å². The van der Waals surface area contributed by atoms with Gasteiger partial charge in [0, 0.05) is 42.4 Å². The predicted octanol–water partition coefficient (Wildman–Crippen LogP) is 2.37. The highest BCUT2D eigenvalue weighted by Crippen LogP contribution is 2.52. The maximum Gasteiger partial charge on any atom is 0.220 e. The van der Waals surface area contributed by atoms with E-state index in [0.717, 1.165) is 6.92 Å². The number of phenolic OH excluding ortho intramolecular Hbond substituents is 2. The molecule has 1 amide bonds. The molecule has 6 N–H and O–H groups in total. The number of hydrogen-bond donors (Lipinski definition) is 6. The second-order valence-electron chi connectivity index (χ2n) is 13.8. The summed E-state index contributed by atoms with van der Waals surface area (Å²) in [6, 6.07) is 3.57. The maximum atomic E-state index is 13.8. The van der Waals surface area contributed by atoms with Gasteiger partial charge in [-0.15, -0.1) is 0 Å². The van der Waals surface area contributed by atoms with E-state index in [0.29, 0.717) is 6.42 Å². The van der Waals surface area contributed by atoms with Crippen molar-refractivity contribution in [3.05, 3.63) is 51.6 Å². The third kappa shape index (κ3) is 6.09. The van der Waals surface area contributed by atoms with Crippen LogP contribution in [0.2, 0.25) is 0 Å². The number of carbonyl (C=O) groups excluding carboxylic acids is 4. The number of aliphatic hydroxyl groups is 3. The molecule has 0 bridgehead atoms. The monoisotopic (exact) mass is 669 g/mol. The molecule has 0 spiro atoms. The number of Topliss-reactive ketones (excluding diaryl/α,β-unsaturated/α-hetero) is 1. The number of rotatable bonds is 9. The van der Waals surface area contributed by atoms with Gasteiger partial charge in [-0.25, -0.2) is 0 Å². The van der Waals surface area contributed by atoms with Crippen LogP contribution in [-0.2, 0) is 25.5 Å². The first kappa shape index (κ1) is 35.4. The van der Waals surface area contributed by atoms with Crippen molar-refractivity contribution in [2.75, 3.05) is 7.11 Å². The van der Waals surface area contributed by atoms with Crippen molar-refractivity contribution >= 4 is 23.3 Å². The van der Waals surface area contributed by atoms with Crippen LogP contribution in [0.15, 0.2) is 18.2 Å². The Morgan fingerprint density at radius 2 is 1.79 bits per heavy atom. The van der Waals surface area contributed by atoms with E-state index in [1.807, 2.05) is 13.8 Å². The average molecular weight is 670 g/mol. The highest BCUT2D eigenvalue weighted by Gasteiger charge is 2.49. The highest BCUT2D eigenvalue weighted by molar-refractivity contribution is 6.31. The first-order chi connectivity index (χ1) is 22.4. The molecule has 0 saturated carbocycles. The fourth-order valence-electron chi connectivity index (χ4n) is 6.69. The lowest BCUT2D eigenvalue weighted by Crippen LogP contribution is -2.55. The van der Waals surface area contributed by atoms with Crippen molar-refractivity contribution in [2.45, 2.75) is 109 Å². The van der Waals surface area contributed by atoms with Crippen molar-refractivity contribution in [3.63, 3.8) is 0 Å². The Labute approximate surface area is 277 Å². The Kier molecular flexibility index (Phi) is 9.49. The second-order valence-corrected chi connectivity index (χ2v) is 13.8. The molecule has 13 heteroatoms. The van der Waals surface area contributed by atoms with Gasteiger partial charge in [0.2, 0.25) is 11.7 Å². The normalized spacial score (nSPS) is 27.4.